The van der Waals surface area contributed by atoms with Crippen molar-refractivity contribution in [2.75, 3.05) is 49.3 Å². The van der Waals surface area contributed by atoms with Crippen LogP contribution >= 0.6 is 11.8 Å². The van der Waals surface area contributed by atoms with Crippen LogP contribution in [-0.4, -0.2) is 60.9 Å². The minimum atomic E-state index is -0.333. The molecule has 0 aliphatic carbocycles. The highest BCUT2D eigenvalue weighted by Crippen LogP contribution is 2.31. The van der Waals surface area contributed by atoms with Crippen LogP contribution in [0.5, 0.6) is 0 Å². The number of aliphatic imine (C=N–C) groups is 1. The molecule has 1 N–H and O–H groups in total. The number of ether oxygens (including phenoxy) is 1. The first-order valence-corrected chi connectivity index (χ1v) is 11.5. The number of methoxy groups -OCH3 is 1. The van der Waals surface area contributed by atoms with Gasteiger partial charge in [0.2, 0.25) is 5.91 Å². The van der Waals surface area contributed by atoms with E-state index in [1.54, 1.807) is 0 Å². The number of carbonyl (C=O) groups excluding carboxylic acids is 2. The topological polar surface area (TPSA) is 74.2 Å². The molecule has 0 unspecified atom stereocenters. The van der Waals surface area contributed by atoms with Crippen LogP contribution in [-0.2, 0) is 14.3 Å². The van der Waals surface area contributed by atoms with E-state index < -0.39 is 0 Å². The molecule has 0 aromatic heterocycles. The standard InChI is InChI=1S/C24H26N4O3S/c1-31-24(30)16-18-15-22(26-21-10-6-5-9-20(21)25-18)32-17-23(29)28-13-11-27(12-14-28)19-7-3-2-4-8-19/h2-10,15,25H,11-14,16-17H2,1H3. The van der Waals surface area contributed by atoms with E-state index >= 15 is 0 Å². The van der Waals surface area contributed by atoms with Gasteiger partial charge in [0.05, 0.1) is 35.7 Å². The molecule has 0 saturated carbocycles. The number of carbonyl (C=O) groups is 2. The Kier molecular flexibility index (Phi) is 7.11. The first kappa shape index (κ1) is 22.0. The molecule has 0 atom stereocenters. The zero-order valence-corrected chi connectivity index (χ0v) is 18.8. The molecule has 0 bridgehead atoms. The van der Waals surface area contributed by atoms with Gasteiger partial charge in [-0.2, -0.15) is 0 Å². The van der Waals surface area contributed by atoms with Crippen LogP contribution in [0.25, 0.3) is 0 Å². The Labute approximate surface area is 192 Å². The van der Waals surface area contributed by atoms with Gasteiger partial charge in [0.1, 0.15) is 0 Å². The van der Waals surface area contributed by atoms with Crippen molar-refractivity contribution in [3.8, 4) is 0 Å². The number of anilines is 2. The van der Waals surface area contributed by atoms with Crippen molar-refractivity contribution < 1.29 is 14.3 Å². The van der Waals surface area contributed by atoms with Crippen molar-refractivity contribution in [1.29, 1.82) is 0 Å². The van der Waals surface area contributed by atoms with E-state index in [1.165, 1.54) is 24.6 Å². The number of hydrogen-bond donors (Lipinski definition) is 1. The lowest BCUT2D eigenvalue weighted by Crippen LogP contribution is -2.49. The average Bonchev–Trinajstić information content (AvgIpc) is 3.01. The predicted molar refractivity (Wildman–Crippen MR) is 130 cm³/mol. The summed E-state index contributed by atoms with van der Waals surface area (Å²) in [5.41, 5.74) is 3.48. The van der Waals surface area contributed by atoms with Crippen LogP contribution < -0.4 is 10.2 Å². The number of hydrogen-bond acceptors (Lipinski definition) is 7. The lowest BCUT2D eigenvalue weighted by Gasteiger charge is -2.36. The molecule has 2 aliphatic rings. The maximum absolute atomic E-state index is 12.8. The van der Waals surface area contributed by atoms with E-state index in [4.69, 9.17) is 9.73 Å². The first-order valence-electron chi connectivity index (χ1n) is 10.5. The van der Waals surface area contributed by atoms with E-state index in [2.05, 4.69) is 22.3 Å². The minimum absolute atomic E-state index is 0.0961. The molecule has 4 rings (SSSR count). The quantitative estimate of drug-likeness (QED) is 0.701. The number of fused-ring (bicyclic) bond motifs is 1. The van der Waals surface area contributed by atoms with Crippen LogP contribution in [0.4, 0.5) is 17.1 Å². The maximum atomic E-state index is 12.8. The van der Waals surface area contributed by atoms with Crippen molar-refractivity contribution >= 4 is 45.7 Å². The Hall–Kier alpha value is -3.26. The molecule has 1 fully saturated rings. The number of amides is 1. The predicted octanol–water partition coefficient (Wildman–Crippen LogP) is 3.67. The zero-order valence-electron chi connectivity index (χ0n) is 18.0. The summed E-state index contributed by atoms with van der Waals surface area (Å²) in [4.78, 5) is 33.6. The number of para-hydroxylation sites is 3. The molecular weight excluding hydrogens is 424 g/mol. The minimum Gasteiger partial charge on any atom is -0.469 e. The lowest BCUT2D eigenvalue weighted by atomic mass is 10.2. The van der Waals surface area contributed by atoms with Gasteiger partial charge >= 0.3 is 5.97 Å². The lowest BCUT2D eigenvalue weighted by molar-refractivity contribution is -0.139. The summed E-state index contributed by atoms with van der Waals surface area (Å²) in [6.45, 7) is 3.05. The molecule has 2 heterocycles. The molecule has 2 aromatic rings. The third-order valence-corrected chi connectivity index (χ3v) is 6.28. The van der Waals surface area contributed by atoms with Gasteiger partial charge in [0.25, 0.3) is 0 Å². The molecule has 7 nitrogen and oxygen atoms in total. The monoisotopic (exact) mass is 450 g/mol. The van der Waals surface area contributed by atoms with Gasteiger partial charge in [0, 0.05) is 37.6 Å². The summed E-state index contributed by atoms with van der Waals surface area (Å²) in [7, 11) is 1.37. The Morgan fingerprint density at radius 1 is 1.03 bits per heavy atom. The van der Waals surface area contributed by atoms with Crippen LogP contribution in [0.1, 0.15) is 6.42 Å². The number of nitrogens with zero attached hydrogens (tertiary/aromatic N) is 3. The Morgan fingerprint density at radius 3 is 2.50 bits per heavy atom. The second-order valence-corrected chi connectivity index (χ2v) is 8.50. The average molecular weight is 451 g/mol. The van der Waals surface area contributed by atoms with Crippen molar-refractivity contribution in [2.24, 2.45) is 4.99 Å². The van der Waals surface area contributed by atoms with Crippen LogP contribution in [0, 0.1) is 0 Å². The van der Waals surface area contributed by atoms with Gasteiger partial charge < -0.3 is 19.9 Å². The summed E-state index contributed by atoms with van der Waals surface area (Å²) >= 11 is 1.39. The highest BCUT2D eigenvalue weighted by Gasteiger charge is 2.22. The van der Waals surface area contributed by atoms with E-state index in [0.29, 0.717) is 29.6 Å². The summed E-state index contributed by atoms with van der Waals surface area (Å²) < 4.78 is 4.80. The fraction of sp³-hybridized carbons (Fsp3) is 0.292. The van der Waals surface area contributed by atoms with Gasteiger partial charge in [-0.25, -0.2) is 4.99 Å². The fourth-order valence-electron chi connectivity index (χ4n) is 3.66. The third kappa shape index (κ3) is 5.50. The van der Waals surface area contributed by atoms with Gasteiger partial charge in [-0.1, -0.05) is 42.1 Å². The van der Waals surface area contributed by atoms with Crippen molar-refractivity contribution in [1.82, 2.24) is 4.90 Å². The number of nitrogens with one attached hydrogen (secondary N) is 1. The number of rotatable bonds is 5. The second kappa shape index (κ2) is 10.4. The second-order valence-electron chi connectivity index (χ2n) is 7.51. The van der Waals surface area contributed by atoms with E-state index in [-0.39, 0.29) is 18.3 Å². The van der Waals surface area contributed by atoms with Gasteiger partial charge in [0.15, 0.2) is 0 Å². The number of benzene rings is 2. The Balaban J connectivity index is 1.38. The highest BCUT2D eigenvalue weighted by atomic mass is 32.2. The summed E-state index contributed by atoms with van der Waals surface area (Å²) in [6.07, 6.45) is 1.93. The molecule has 2 aliphatic heterocycles. The third-order valence-electron chi connectivity index (χ3n) is 5.39. The van der Waals surface area contributed by atoms with Crippen LogP contribution in [0.15, 0.2) is 71.4 Å². The van der Waals surface area contributed by atoms with Crippen molar-refractivity contribution in [3.05, 3.63) is 66.4 Å². The largest absolute Gasteiger partial charge is 0.469 e. The van der Waals surface area contributed by atoms with Crippen molar-refractivity contribution in [2.45, 2.75) is 6.42 Å². The number of thioether (sulfide) groups is 1. The number of esters is 1. The maximum Gasteiger partial charge on any atom is 0.311 e. The van der Waals surface area contributed by atoms with Gasteiger partial charge in [-0.3, -0.25) is 9.59 Å². The van der Waals surface area contributed by atoms with E-state index in [0.717, 1.165) is 24.5 Å². The van der Waals surface area contributed by atoms with E-state index in [9.17, 15) is 9.59 Å². The first-order chi connectivity index (χ1) is 15.6. The molecule has 2 aromatic carbocycles. The molecule has 0 spiro atoms. The SMILES string of the molecule is COC(=O)CC1=CC(SCC(=O)N2CCN(c3ccccc3)CC2)=Nc2ccccc2N1. The molecular formula is C24H26N4O3S. The van der Waals surface area contributed by atoms with Crippen molar-refractivity contribution in [3.63, 3.8) is 0 Å². The summed E-state index contributed by atoms with van der Waals surface area (Å²) in [5.74, 6) is 0.0626. The number of piperazine rings is 1. The highest BCUT2D eigenvalue weighted by molar-refractivity contribution is 8.14. The van der Waals surface area contributed by atoms with Gasteiger partial charge in [-0.05, 0) is 30.3 Å². The molecule has 166 valence electrons. The normalized spacial score (nSPS) is 15.7. The van der Waals surface area contributed by atoms with Gasteiger partial charge in [-0.15, -0.1) is 0 Å². The molecule has 0 radical (unpaired) electrons. The Bertz CT molecular complexity index is 1030. The molecule has 8 heteroatoms. The molecule has 32 heavy (non-hydrogen) atoms. The fourth-order valence-corrected chi connectivity index (χ4v) is 4.51. The smallest absolute Gasteiger partial charge is 0.311 e. The van der Waals surface area contributed by atoms with Crippen LogP contribution in [0.2, 0.25) is 0 Å². The zero-order chi connectivity index (χ0) is 22.3. The summed E-state index contributed by atoms with van der Waals surface area (Å²) in [6, 6.07) is 17.9. The Morgan fingerprint density at radius 2 is 1.75 bits per heavy atom. The molecule has 1 amide bonds. The molecule has 1 saturated heterocycles. The summed E-state index contributed by atoms with van der Waals surface area (Å²) in [5, 5.41) is 3.95. The van der Waals surface area contributed by atoms with Crippen LogP contribution in [0.3, 0.4) is 0 Å². The van der Waals surface area contributed by atoms with E-state index in [1.807, 2.05) is 53.4 Å².